The van der Waals surface area contributed by atoms with Gasteiger partial charge in [0.15, 0.2) is 0 Å². The van der Waals surface area contributed by atoms with Gasteiger partial charge in [0, 0.05) is 0 Å². The fourth-order valence-corrected chi connectivity index (χ4v) is 5.60. The van der Waals surface area contributed by atoms with E-state index in [1.165, 1.54) is 12.1 Å². The molecule has 0 spiro atoms. The first-order chi connectivity index (χ1) is 26.2. The van der Waals surface area contributed by atoms with E-state index in [1.807, 2.05) is 55.4 Å². The molecule has 57 heavy (non-hydrogen) atoms. The molecule has 2 aromatic carbocycles. The van der Waals surface area contributed by atoms with Crippen molar-refractivity contribution in [2.24, 2.45) is 23.7 Å². The fraction of sp³-hybridized carbons (Fsp3) is 0.600. The molecular weight excluding hydrogens is 906 g/mol. The first kappa shape index (κ1) is 54.7. The van der Waals surface area contributed by atoms with Crippen LogP contribution in [-0.4, -0.2) is 125 Å². The minimum absolute atomic E-state index is 0. The van der Waals surface area contributed by atoms with E-state index in [2.05, 4.69) is 0 Å². The maximum atomic E-state index is 12.2. The third-order valence-electron chi connectivity index (χ3n) is 9.50. The molecule has 0 amide bonds. The molecule has 0 aliphatic heterocycles. The molecule has 4 unspecified atom stereocenters. The average Bonchev–Trinajstić information content (AvgIpc) is 3.16. The average molecular weight is 964 g/mol. The van der Waals surface area contributed by atoms with Crippen molar-refractivity contribution in [1.29, 1.82) is 0 Å². The summed E-state index contributed by atoms with van der Waals surface area (Å²) in [6.07, 6.45) is 6.39. The first-order valence-corrected chi connectivity index (χ1v) is 21.9. The van der Waals surface area contributed by atoms with Gasteiger partial charge in [-0.25, -0.2) is 36.0 Å². The molecule has 0 heterocycles. The van der Waals surface area contributed by atoms with Gasteiger partial charge >= 0.3 is 72.8 Å². The van der Waals surface area contributed by atoms with E-state index >= 15 is 0 Å². The van der Waals surface area contributed by atoms with Crippen LogP contribution >= 0.6 is 0 Å². The minimum Gasteiger partial charge on any atom is -0.744 e. The van der Waals surface area contributed by atoms with Crippen LogP contribution in [0.1, 0.15) is 148 Å². The summed E-state index contributed by atoms with van der Waals surface area (Å²) in [7, 11) is -9.71. The van der Waals surface area contributed by atoms with Crippen LogP contribution in [0.3, 0.4) is 0 Å². The normalized spacial score (nSPS) is 13.4. The summed E-state index contributed by atoms with van der Waals surface area (Å²) in [5.74, 6) is -1.67. The number of carbonyl (C=O) groups excluding carboxylic acids is 4. The van der Waals surface area contributed by atoms with Crippen molar-refractivity contribution in [3.63, 3.8) is 0 Å². The molecule has 17 heteroatoms. The van der Waals surface area contributed by atoms with E-state index in [0.29, 0.717) is 49.4 Å². The van der Waals surface area contributed by atoms with Gasteiger partial charge in [0.05, 0.1) is 58.5 Å². The molecule has 0 N–H and O–H groups in total. The van der Waals surface area contributed by atoms with Gasteiger partial charge in [0.1, 0.15) is 20.2 Å². The Labute approximate surface area is 379 Å². The molecule has 316 valence electrons. The third kappa shape index (κ3) is 21.5. The largest absolute Gasteiger partial charge is 2.00 e. The van der Waals surface area contributed by atoms with Crippen molar-refractivity contribution in [3.8, 4) is 0 Å². The zero-order chi connectivity index (χ0) is 42.6. The van der Waals surface area contributed by atoms with Gasteiger partial charge in [0.2, 0.25) is 0 Å². The van der Waals surface area contributed by atoms with Gasteiger partial charge < -0.3 is 28.1 Å². The summed E-state index contributed by atoms with van der Waals surface area (Å²) >= 11 is 0. The quantitative estimate of drug-likeness (QED) is 0.0494. The van der Waals surface area contributed by atoms with Gasteiger partial charge in [-0.1, -0.05) is 81.1 Å². The van der Waals surface area contributed by atoms with Crippen molar-refractivity contribution in [3.05, 3.63) is 58.7 Å². The number of ether oxygens (including phenoxy) is 4. The van der Waals surface area contributed by atoms with Crippen LogP contribution in [0.15, 0.2) is 46.2 Å². The molecule has 0 radical (unpaired) electrons. The van der Waals surface area contributed by atoms with E-state index in [1.54, 1.807) is 0 Å². The molecule has 2 aromatic rings. The summed E-state index contributed by atoms with van der Waals surface area (Å²) in [6, 6.07) is 6.05. The minimum atomic E-state index is -4.86. The molecule has 0 saturated heterocycles. The van der Waals surface area contributed by atoms with E-state index in [4.69, 9.17) is 18.9 Å². The van der Waals surface area contributed by atoms with Crippen molar-refractivity contribution < 1.29 is 64.1 Å². The van der Waals surface area contributed by atoms with Gasteiger partial charge in [-0.05, 0) is 85.8 Å². The summed E-state index contributed by atoms with van der Waals surface area (Å²) in [4.78, 5) is 47.6. The van der Waals surface area contributed by atoms with Crippen LogP contribution in [0.25, 0.3) is 0 Å². The number of esters is 4. The second-order valence-corrected chi connectivity index (χ2v) is 16.9. The molecule has 4 atom stereocenters. The number of hydrogen-bond donors (Lipinski definition) is 0. The smallest absolute Gasteiger partial charge is 0.744 e. The van der Waals surface area contributed by atoms with E-state index < -0.39 is 53.9 Å². The Balaban J connectivity index is 0.00000108. The second-order valence-electron chi connectivity index (χ2n) is 14.2. The fourth-order valence-electron chi connectivity index (χ4n) is 4.52. The first-order valence-electron chi connectivity index (χ1n) is 19.1. The van der Waals surface area contributed by atoms with E-state index in [0.717, 1.165) is 49.9 Å². The Morgan fingerprint density at radius 3 is 0.807 bits per heavy atom. The maximum absolute atomic E-state index is 12.2. The summed E-state index contributed by atoms with van der Waals surface area (Å²) < 4.78 is 89.0. The molecule has 0 fully saturated rings. The third-order valence-corrected chi connectivity index (χ3v) is 11.1. The van der Waals surface area contributed by atoms with Crippen molar-refractivity contribution >= 4 is 93.0 Å². The van der Waals surface area contributed by atoms with Gasteiger partial charge in [-0.2, -0.15) is 0 Å². The van der Waals surface area contributed by atoms with Crippen LogP contribution in [0.5, 0.6) is 0 Å². The van der Waals surface area contributed by atoms with Crippen LogP contribution < -0.4 is 0 Å². The Kier molecular flexibility index (Phi) is 26.4. The predicted molar refractivity (Wildman–Crippen MR) is 212 cm³/mol. The molecule has 14 nitrogen and oxygen atoms in total. The number of hydrogen-bond acceptors (Lipinski definition) is 14. The standard InChI is InChI=1S/2C20H30O7S.Ba/c2*1-5-14(3)7-9-26-19(21)16-11-17(13-18(12-16)28(23,24)25)20(22)27-10-8-15(4)6-2;/h2*11-15H,5-10H2,1-4H3,(H,23,24,25);/q;;+2/p-2. The Bertz CT molecular complexity index is 1590. The molecule has 0 bridgehead atoms. The molecule has 0 saturated carbocycles. The molecule has 0 aromatic heterocycles. The Morgan fingerprint density at radius 1 is 0.456 bits per heavy atom. The van der Waals surface area contributed by atoms with Gasteiger partial charge in [-0.15, -0.1) is 0 Å². The summed E-state index contributed by atoms with van der Waals surface area (Å²) in [5, 5.41) is 0. The zero-order valence-electron chi connectivity index (χ0n) is 34.5. The van der Waals surface area contributed by atoms with Crippen molar-refractivity contribution in [2.75, 3.05) is 26.4 Å². The Morgan fingerprint density at radius 2 is 0.649 bits per heavy atom. The second kappa shape index (κ2) is 27.5. The Hall–Kier alpha value is -2.29. The van der Waals surface area contributed by atoms with Crippen LogP contribution in [0.2, 0.25) is 0 Å². The van der Waals surface area contributed by atoms with E-state index in [-0.39, 0.29) is 97.6 Å². The topological polar surface area (TPSA) is 220 Å². The van der Waals surface area contributed by atoms with Gasteiger partial charge in [-0.3, -0.25) is 0 Å². The maximum Gasteiger partial charge on any atom is 2.00 e. The van der Waals surface area contributed by atoms with Crippen molar-refractivity contribution in [2.45, 2.75) is 117 Å². The van der Waals surface area contributed by atoms with Crippen LogP contribution in [-0.2, 0) is 39.2 Å². The summed E-state index contributed by atoms with van der Waals surface area (Å²) in [6.45, 7) is 16.8. The SMILES string of the molecule is CCC(C)CCOC(=O)c1cc(C(=O)OCCC(C)CC)cc(S(=O)(=O)[O-])c1.CCC(C)CCOC(=O)c1cc(C(=O)OCCC(C)CC)cc(S(=O)(=O)[O-])c1.[Ba+2]. The molecule has 0 aliphatic carbocycles. The van der Waals surface area contributed by atoms with Crippen LogP contribution in [0.4, 0.5) is 0 Å². The predicted octanol–water partition coefficient (Wildman–Crippen LogP) is 7.17. The summed E-state index contributed by atoms with van der Waals surface area (Å²) in [5.41, 5.74) is -0.685. The zero-order valence-corrected chi connectivity index (χ0v) is 40.6. The molecule has 2 rings (SSSR count). The van der Waals surface area contributed by atoms with E-state index in [9.17, 15) is 45.1 Å². The molecule has 0 aliphatic rings. The number of rotatable bonds is 22. The van der Waals surface area contributed by atoms with Crippen LogP contribution in [0, 0.1) is 23.7 Å². The number of benzene rings is 2. The number of carbonyl (C=O) groups is 4. The van der Waals surface area contributed by atoms with Crippen molar-refractivity contribution in [1.82, 2.24) is 0 Å². The monoisotopic (exact) mass is 964 g/mol. The molecular formula is C40H58BaO14S2. The van der Waals surface area contributed by atoms with Gasteiger partial charge in [0.25, 0.3) is 0 Å².